The van der Waals surface area contributed by atoms with Gasteiger partial charge >= 0.3 is 0 Å². The maximum absolute atomic E-state index is 15.3. The highest BCUT2D eigenvalue weighted by molar-refractivity contribution is 6.33. The number of aldehydes is 1. The van der Waals surface area contributed by atoms with Crippen molar-refractivity contribution in [1.29, 1.82) is 0 Å². The molecule has 2 aliphatic heterocycles. The van der Waals surface area contributed by atoms with Gasteiger partial charge in [-0.3, -0.25) is 24.3 Å². The minimum absolute atomic E-state index is 0.0318. The van der Waals surface area contributed by atoms with Crippen molar-refractivity contribution < 1.29 is 37.2 Å². The summed E-state index contributed by atoms with van der Waals surface area (Å²) in [5.74, 6) is -2.07. The van der Waals surface area contributed by atoms with E-state index in [4.69, 9.17) is 16.4 Å². The summed E-state index contributed by atoms with van der Waals surface area (Å²) in [6.07, 6.45) is 4.41. The van der Waals surface area contributed by atoms with Gasteiger partial charge in [0.25, 0.3) is 12.4 Å². The Labute approximate surface area is 334 Å². The molecule has 1 unspecified atom stereocenters. The minimum atomic E-state index is -1.08. The molecule has 0 aliphatic carbocycles. The number of H-pyrrole nitrogens is 1. The minimum Gasteiger partial charge on any atom is -0.471 e. The van der Waals surface area contributed by atoms with Gasteiger partial charge in [-0.1, -0.05) is 48.0 Å². The molecule has 300 valence electrons. The van der Waals surface area contributed by atoms with Crippen molar-refractivity contribution in [3.63, 3.8) is 0 Å². The summed E-state index contributed by atoms with van der Waals surface area (Å²) in [5, 5.41) is 9.67. The Morgan fingerprint density at radius 2 is 1.61 bits per heavy atom. The van der Waals surface area contributed by atoms with E-state index in [1.165, 1.54) is 61.5 Å². The molecule has 2 fully saturated rings. The first-order valence-corrected chi connectivity index (χ1v) is 18.6. The fourth-order valence-corrected chi connectivity index (χ4v) is 7.02. The zero-order chi connectivity index (χ0) is 41.3. The molecule has 2 N–H and O–H groups in total. The Kier molecular flexibility index (Phi) is 14.1. The molecule has 2 saturated heterocycles. The Morgan fingerprint density at radius 3 is 2.23 bits per heavy atom. The number of likely N-dealkylation sites (tertiary alicyclic amines) is 1. The highest BCUT2D eigenvalue weighted by atomic mass is 35.5. The number of anilines is 1. The number of likely N-dealkylation sites (N-methyl/N-ethyl adjacent to an activating group) is 1. The lowest BCUT2D eigenvalue weighted by molar-refractivity contribution is -0.878. The van der Waals surface area contributed by atoms with Crippen LogP contribution in [0.25, 0.3) is 33.6 Å². The molecular formula is C41H46ClF2N8O5+. The lowest BCUT2D eigenvalue weighted by atomic mass is 9.99. The number of hydrogen-bond acceptors (Lipinski definition) is 8. The van der Waals surface area contributed by atoms with Crippen molar-refractivity contribution in [2.24, 2.45) is 13.0 Å². The molecule has 57 heavy (non-hydrogen) atoms. The van der Waals surface area contributed by atoms with Crippen molar-refractivity contribution >= 4 is 41.9 Å². The molecule has 1 atom stereocenters. The van der Waals surface area contributed by atoms with Gasteiger partial charge in [-0.2, -0.15) is 5.10 Å². The predicted octanol–water partition coefficient (Wildman–Crippen LogP) is 5.79. The van der Waals surface area contributed by atoms with Crippen LogP contribution in [0, 0.1) is 17.6 Å². The van der Waals surface area contributed by atoms with Crippen LogP contribution >= 0.6 is 11.6 Å². The van der Waals surface area contributed by atoms with E-state index in [-0.39, 0.29) is 39.1 Å². The number of rotatable bonds is 8. The molecule has 2 amide bonds. The van der Waals surface area contributed by atoms with Crippen LogP contribution in [-0.4, -0.2) is 126 Å². The first kappa shape index (κ1) is 42.4. The molecule has 4 heterocycles. The molecule has 5 aromatic rings. The number of piperazine rings is 1. The standard InChI is InChI=1S/C27H18ClF2N5O2.C12H24N3O.C2H4O2/c1-35-22(13-31-26(35)27(37)33-17-8-7-16(14-36)21(28)11-17)19-10-9-18(23(29)24(19)30)20-12-32-34-25(20)15-5-3-2-4-6-15;1-13-5-7-14(8-6-13)12(16)11-4-9-15(2,3)10-11;1-4-2-3/h2-14H,1H3,(H,32,34)(H,33,37);11H,4-10H2,1-3H3;2H,1H3/q;+1;. The van der Waals surface area contributed by atoms with Gasteiger partial charge in [0.15, 0.2) is 23.7 Å². The van der Waals surface area contributed by atoms with Crippen LogP contribution in [-0.2, 0) is 21.4 Å². The van der Waals surface area contributed by atoms with Gasteiger partial charge in [0.2, 0.25) is 5.91 Å². The van der Waals surface area contributed by atoms with E-state index >= 15 is 8.78 Å². The predicted molar refractivity (Wildman–Crippen MR) is 213 cm³/mol. The van der Waals surface area contributed by atoms with E-state index in [1.807, 2.05) is 30.3 Å². The molecule has 7 rings (SSSR count). The van der Waals surface area contributed by atoms with Crippen LogP contribution in [0.1, 0.15) is 27.4 Å². The summed E-state index contributed by atoms with van der Waals surface area (Å²) in [5.41, 5.74) is 2.59. The number of aromatic amines is 1. The summed E-state index contributed by atoms with van der Waals surface area (Å²) >= 11 is 6.01. The summed E-state index contributed by atoms with van der Waals surface area (Å²) < 4.78 is 36.9. The molecule has 2 aromatic heterocycles. The number of carbonyl (C=O) groups is 4. The Bertz CT molecular complexity index is 2200. The van der Waals surface area contributed by atoms with Gasteiger partial charge in [-0.25, -0.2) is 13.8 Å². The van der Waals surface area contributed by atoms with Crippen LogP contribution in [0.4, 0.5) is 14.5 Å². The number of benzene rings is 3. The fourth-order valence-electron chi connectivity index (χ4n) is 6.80. The lowest BCUT2D eigenvalue weighted by Gasteiger charge is -2.34. The molecule has 2 aliphatic rings. The number of ether oxygens (including phenoxy) is 1. The fraction of sp³-hybridized carbons (Fsp3) is 0.317. The highest BCUT2D eigenvalue weighted by Gasteiger charge is 2.38. The van der Waals surface area contributed by atoms with Gasteiger partial charge in [0.05, 0.1) is 69.0 Å². The number of quaternary nitrogens is 1. The second-order valence-electron chi connectivity index (χ2n) is 14.4. The Balaban J connectivity index is 0.000000256. The zero-order valence-electron chi connectivity index (χ0n) is 32.5. The molecule has 0 saturated carbocycles. The topological polar surface area (TPSA) is 143 Å². The number of nitrogens with one attached hydrogen (secondary N) is 2. The van der Waals surface area contributed by atoms with Crippen LogP contribution in [0.5, 0.6) is 0 Å². The second-order valence-corrected chi connectivity index (χ2v) is 14.8. The van der Waals surface area contributed by atoms with E-state index < -0.39 is 17.5 Å². The number of imidazole rings is 1. The first-order chi connectivity index (χ1) is 27.3. The number of nitrogens with zero attached hydrogens (tertiary/aromatic N) is 6. The number of methoxy groups -OCH3 is 1. The molecule has 0 radical (unpaired) electrons. The molecule has 0 spiro atoms. The van der Waals surface area contributed by atoms with Gasteiger partial charge in [0, 0.05) is 73.2 Å². The van der Waals surface area contributed by atoms with Crippen LogP contribution < -0.4 is 5.32 Å². The van der Waals surface area contributed by atoms with Gasteiger partial charge in [0.1, 0.15) is 0 Å². The zero-order valence-corrected chi connectivity index (χ0v) is 33.2. The SMILES string of the molecule is CN1CCN(C(=O)C2CC[N+](C)(C)C2)CC1.COC=O.Cn1c(-c2ccc(-c3cn[nH]c3-c3ccccc3)c(F)c2F)cnc1C(=O)Nc1ccc(C=O)c(Cl)c1. The third kappa shape index (κ3) is 10.2. The quantitative estimate of drug-likeness (QED) is 0.149. The normalized spacial score (nSPS) is 16.1. The van der Waals surface area contributed by atoms with Crippen LogP contribution in [0.15, 0.2) is 73.1 Å². The lowest BCUT2D eigenvalue weighted by Crippen LogP contribution is -2.49. The highest BCUT2D eigenvalue weighted by Crippen LogP contribution is 2.36. The summed E-state index contributed by atoms with van der Waals surface area (Å²) in [7, 11) is 9.40. The number of halogens is 3. The van der Waals surface area contributed by atoms with E-state index in [1.54, 1.807) is 0 Å². The van der Waals surface area contributed by atoms with E-state index in [9.17, 15) is 14.4 Å². The van der Waals surface area contributed by atoms with Gasteiger partial charge < -0.3 is 28.9 Å². The third-order valence-electron chi connectivity index (χ3n) is 9.98. The molecular weight excluding hydrogens is 758 g/mol. The number of amides is 2. The van der Waals surface area contributed by atoms with E-state index in [2.05, 4.69) is 56.2 Å². The Morgan fingerprint density at radius 1 is 0.947 bits per heavy atom. The first-order valence-electron chi connectivity index (χ1n) is 18.2. The maximum atomic E-state index is 15.3. The van der Waals surface area contributed by atoms with Crippen LogP contribution in [0.3, 0.4) is 0 Å². The average Bonchev–Trinajstić information content (AvgIpc) is 3.95. The number of aromatic nitrogens is 4. The molecule has 16 heteroatoms. The second kappa shape index (κ2) is 18.9. The molecule has 0 bridgehead atoms. The van der Waals surface area contributed by atoms with Crippen molar-refractivity contribution in [1.82, 2.24) is 29.5 Å². The summed E-state index contributed by atoms with van der Waals surface area (Å²) in [4.78, 5) is 53.4. The monoisotopic (exact) mass is 803 g/mol. The van der Waals surface area contributed by atoms with Crippen molar-refractivity contribution in [3.8, 4) is 33.6 Å². The van der Waals surface area contributed by atoms with E-state index in [0.717, 1.165) is 55.7 Å². The number of carbonyl (C=O) groups excluding carboxylic acids is 4. The smallest absolute Gasteiger partial charge is 0.292 e. The van der Waals surface area contributed by atoms with Crippen molar-refractivity contribution in [2.75, 3.05) is 72.8 Å². The van der Waals surface area contributed by atoms with Crippen molar-refractivity contribution in [2.45, 2.75) is 6.42 Å². The molecule has 13 nitrogen and oxygen atoms in total. The van der Waals surface area contributed by atoms with Crippen LogP contribution in [0.2, 0.25) is 5.02 Å². The summed E-state index contributed by atoms with van der Waals surface area (Å²) in [6, 6.07) is 16.5. The van der Waals surface area contributed by atoms with Gasteiger partial charge in [-0.15, -0.1) is 0 Å². The molecule has 3 aromatic carbocycles. The number of hydrogen-bond donors (Lipinski definition) is 2. The van der Waals surface area contributed by atoms with E-state index in [0.29, 0.717) is 35.6 Å². The maximum Gasteiger partial charge on any atom is 0.292 e. The van der Waals surface area contributed by atoms with Crippen molar-refractivity contribution in [3.05, 3.63) is 101 Å². The summed E-state index contributed by atoms with van der Waals surface area (Å²) in [6.45, 7) is 6.42. The largest absolute Gasteiger partial charge is 0.471 e. The Hall–Kier alpha value is -5.77. The average molecular weight is 804 g/mol. The third-order valence-corrected chi connectivity index (χ3v) is 10.3. The van der Waals surface area contributed by atoms with Gasteiger partial charge in [-0.05, 0) is 31.3 Å².